The fraction of sp³-hybridized carbons (Fsp3) is 0.312. The fourth-order valence-electron chi connectivity index (χ4n) is 1.91. The summed E-state index contributed by atoms with van der Waals surface area (Å²) in [4.78, 5) is 35.8. The van der Waals surface area contributed by atoms with Crippen LogP contribution in [0.4, 0.5) is 10.5 Å². The smallest absolute Gasteiger partial charge is 0.407 e. The van der Waals surface area contributed by atoms with Crippen LogP contribution in [0.15, 0.2) is 36.4 Å². The molecule has 0 saturated carbocycles. The summed E-state index contributed by atoms with van der Waals surface area (Å²) in [7, 11) is 0. The van der Waals surface area contributed by atoms with E-state index in [9.17, 15) is 14.4 Å². The SMILES string of the molecule is CC(C)(C)OC(=O)NCc1ccc(N2C(=O)C=CC2=O)cc1. The minimum Gasteiger partial charge on any atom is -0.444 e. The molecule has 1 aliphatic heterocycles. The molecule has 6 heteroatoms. The molecule has 3 amide bonds. The van der Waals surface area contributed by atoms with E-state index in [4.69, 9.17) is 4.74 Å². The first-order chi connectivity index (χ1) is 10.3. The van der Waals surface area contributed by atoms with Crippen LogP contribution in [0.2, 0.25) is 0 Å². The van der Waals surface area contributed by atoms with Crippen molar-refractivity contribution in [2.24, 2.45) is 0 Å². The van der Waals surface area contributed by atoms with E-state index in [1.165, 1.54) is 12.2 Å². The lowest BCUT2D eigenvalue weighted by molar-refractivity contribution is -0.119. The van der Waals surface area contributed by atoms with Gasteiger partial charge in [-0.2, -0.15) is 0 Å². The number of nitrogens with one attached hydrogen (secondary N) is 1. The fourth-order valence-corrected chi connectivity index (χ4v) is 1.91. The maximum absolute atomic E-state index is 11.6. The van der Waals surface area contributed by atoms with E-state index in [1.54, 1.807) is 45.0 Å². The predicted octanol–water partition coefficient (Wildman–Crippen LogP) is 2.14. The summed E-state index contributed by atoms with van der Waals surface area (Å²) >= 11 is 0. The van der Waals surface area contributed by atoms with Gasteiger partial charge in [-0.15, -0.1) is 0 Å². The van der Waals surface area contributed by atoms with Crippen molar-refractivity contribution in [2.45, 2.75) is 32.9 Å². The summed E-state index contributed by atoms with van der Waals surface area (Å²) in [5.74, 6) is -0.714. The van der Waals surface area contributed by atoms with Gasteiger partial charge in [-0.25, -0.2) is 9.69 Å². The molecule has 0 aliphatic carbocycles. The second-order valence-electron chi connectivity index (χ2n) is 5.87. The zero-order valence-electron chi connectivity index (χ0n) is 12.8. The molecule has 1 aromatic rings. The van der Waals surface area contributed by atoms with Crippen LogP contribution in [0.25, 0.3) is 0 Å². The number of alkyl carbamates (subject to hydrolysis) is 1. The van der Waals surface area contributed by atoms with Gasteiger partial charge in [-0.1, -0.05) is 12.1 Å². The first-order valence-electron chi connectivity index (χ1n) is 6.88. The Hall–Kier alpha value is -2.63. The zero-order chi connectivity index (χ0) is 16.3. The molecule has 0 fully saturated rings. The van der Waals surface area contributed by atoms with Crippen molar-refractivity contribution in [3.63, 3.8) is 0 Å². The van der Waals surface area contributed by atoms with Gasteiger partial charge in [0.2, 0.25) is 0 Å². The lowest BCUT2D eigenvalue weighted by Gasteiger charge is -2.19. The second kappa shape index (κ2) is 6.01. The van der Waals surface area contributed by atoms with Gasteiger partial charge in [-0.3, -0.25) is 9.59 Å². The average Bonchev–Trinajstić information content (AvgIpc) is 2.75. The van der Waals surface area contributed by atoms with Crippen LogP contribution in [-0.4, -0.2) is 23.5 Å². The number of imide groups is 1. The minimum absolute atomic E-state index is 0.301. The van der Waals surface area contributed by atoms with Crippen LogP contribution in [0.1, 0.15) is 26.3 Å². The molecule has 1 aromatic carbocycles. The lowest BCUT2D eigenvalue weighted by atomic mass is 10.2. The Labute approximate surface area is 128 Å². The molecule has 6 nitrogen and oxygen atoms in total. The molecule has 0 unspecified atom stereocenters. The molecule has 0 radical (unpaired) electrons. The largest absolute Gasteiger partial charge is 0.444 e. The third-order valence-corrected chi connectivity index (χ3v) is 2.84. The van der Waals surface area contributed by atoms with Gasteiger partial charge in [0.1, 0.15) is 5.60 Å². The third-order valence-electron chi connectivity index (χ3n) is 2.84. The molecule has 22 heavy (non-hydrogen) atoms. The molecule has 0 spiro atoms. The van der Waals surface area contributed by atoms with Crippen molar-refractivity contribution in [1.82, 2.24) is 5.32 Å². The summed E-state index contributed by atoms with van der Waals surface area (Å²) in [5.41, 5.74) is 0.792. The molecule has 0 bridgehead atoms. The Morgan fingerprint density at radius 1 is 1.09 bits per heavy atom. The lowest BCUT2D eigenvalue weighted by Crippen LogP contribution is -2.32. The topological polar surface area (TPSA) is 75.7 Å². The van der Waals surface area contributed by atoms with Crippen LogP contribution in [0, 0.1) is 0 Å². The minimum atomic E-state index is -0.544. The number of benzene rings is 1. The first-order valence-corrected chi connectivity index (χ1v) is 6.88. The maximum Gasteiger partial charge on any atom is 0.407 e. The summed E-state index contributed by atoms with van der Waals surface area (Å²) in [6.45, 7) is 5.67. The third kappa shape index (κ3) is 3.94. The standard InChI is InChI=1S/C16H18N2O4/c1-16(2,3)22-15(21)17-10-11-4-6-12(7-5-11)18-13(19)8-9-14(18)20/h4-9H,10H2,1-3H3,(H,17,21). The van der Waals surface area contributed by atoms with Crippen LogP contribution in [0.5, 0.6) is 0 Å². The van der Waals surface area contributed by atoms with Gasteiger partial charge in [0.05, 0.1) is 5.69 Å². The molecular formula is C16H18N2O4. The highest BCUT2D eigenvalue weighted by Crippen LogP contribution is 2.19. The van der Waals surface area contributed by atoms with Crippen molar-refractivity contribution in [1.29, 1.82) is 0 Å². The van der Waals surface area contributed by atoms with Gasteiger partial charge in [0, 0.05) is 18.7 Å². The van der Waals surface area contributed by atoms with E-state index in [2.05, 4.69) is 5.32 Å². The highest BCUT2D eigenvalue weighted by molar-refractivity contribution is 6.28. The van der Waals surface area contributed by atoms with E-state index in [1.807, 2.05) is 0 Å². The van der Waals surface area contributed by atoms with Gasteiger partial charge in [0.15, 0.2) is 0 Å². The van der Waals surface area contributed by atoms with E-state index < -0.39 is 11.7 Å². The zero-order valence-corrected chi connectivity index (χ0v) is 12.8. The summed E-state index contributed by atoms with van der Waals surface area (Å²) in [5, 5.41) is 2.64. The molecule has 116 valence electrons. The number of nitrogens with zero attached hydrogens (tertiary/aromatic N) is 1. The number of carbonyl (C=O) groups is 3. The molecule has 0 atom stereocenters. The first kappa shape index (κ1) is 15.8. The Kier molecular flexibility index (Phi) is 4.30. The van der Waals surface area contributed by atoms with Crippen LogP contribution >= 0.6 is 0 Å². The van der Waals surface area contributed by atoms with E-state index in [0.717, 1.165) is 10.5 Å². The average molecular weight is 302 g/mol. The molecule has 2 rings (SSSR count). The molecule has 1 N–H and O–H groups in total. The van der Waals surface area contributed by atoms with Crippen LogP contribution in [0.3, 0.4) is 0 Å². The van der Waals surface area contributed by atoms with E-state index in [0.29, 0.717) is 12.2 Å². The number of amides is 3. The Morgan fingerprint density at radius 3 is 2.14 bits per heavy atom. The monoisotopic (exact) mass is 302 g/mol. The molecule has 1 heterocycles. The molecule has 0 aromatic heterocycles. The van der Waals surface area contributed by atoms with Crippen LogP contribution < -0.4 is 10.2 Å². The quantitative estimate of drug-likeness (QED) is 0.868. The Balaban J connectivity index is 1.94. The molecule has 0 saturated heterocycles. The number of anilines is 1. The summed E-state index contributed by atoms with van der Waals surface area (Å²) < 4.78 is 5.14. The molecule has 1 aliphatic rings. The second-order valence-corrected chi connectivity index (χ2v) is 5.87. The number of ether oxygens (including phenoxy) is 1. The van der Waals surface area contributed by atoms with Crippen molar-refractivity contribution in [2.75, 3.05) is 4.90 Å². The van der Waals surface area contributed by atoms with Gasteiger partial charge < -0.3 is 10.1 Å². The number of hydrogen-bond acceptors (Lipinski definition) is 4. The van der Waals surface area contributed by atoms with Crippen molar-refractivity contribution < 1.29 is 19.1 Å². The normalized spacial score (nSPS) is 14.4. The highest BCUT2D eigenvalue weighted by atomic mass is 16.6. The molecular weight excluding hydrogens is 284 g/mol. The van der Waals surface area contributed by atoms with E-state index in [-0.39, 0.29) is 11.8 Å². The van der Waals surface area contributed by atoms with Gasteiger partial charge >= 0.3 is 6.09 Å². The van der Waals surface area contributed by atoms with Crippen molar-refractivity contribution >= 4 is 23.6 Å². The maximum atomic E-state index is 11.6. The summed E-state index contributed by atoms with van der Waals surface area (Å²) in [6.07, 6.45) is 1.98. The van der Waals surface area contributed by atoms with Gasteiger partial charge in [0.25, 0.3) is 11.8 Å². The van der Waals surface area contributed by atoms with Crippen molar-refractivity contribution in [3.05, 3.63) is 42.0 Å². The van der Waals surface area contributed by atoms with Crippen LogP contribution in [-0.2, 0) is 20.9 Å². The number of rotatable bonds is 3. The Bertz CT molecular complexity index is 609. The van der Waals surface area contributed by atoms with E-state index >= 15 is 0 Å². The number of hydrogen-bond donors (Lipinski definition) is 1. The predicted molar refractivity (Wildman–Crippen MR) is 81.1 cm³/mol. The van der Waals surface area contributed by atoms with Crippen molar-refractivity contribution in [3.8, 4) is 0 Å². The van der Waals surface area contributed by atoms with Gasteiger partial charge in [-0.05, 0) is 38.5 Å². The Morgan fingerprint density at radius 2 is 1.64 bits per heavy atom. The summed E-state index contributed by atoms with van der Waals surface area (Å²) in [6, 6.07) is 6.81. The highest BCUT2D eigenvalue weighted by Gasteiger charge is 2.24. The number of carbonyl (C=O) groups excluding carboxylic acids is 3.